The highest BCUT2D eigenvalue weighted by molar-refractivity contribution is 7.43. The Labute approximate surface area is 91.8 Å². The molecule has 1 N–H and O–H groups in total. The summed E-state index contributed by atoms with van der Waals surface area (Å²) in [5.41, 5.74) is 0. The predicted octanol–water partition coefficient (Wildman–Crippen LogP) is 1.66. The molecule has 5 heteroatoms. The summed E-state index contributed by atoms with van der Waals surface area (Å²) in [5, 5.41) is 8.49. The minimum Gasteiger partial charge on any atom is -0.466 e. The van der Waals surface area contributed by atoms with Gasteiger partial charge in [-0.15, -0.1) is 0 Å². The number of carbonyl (C=O) groups excluding carboxylic acids is 1. The molecule has 0 aliphatic carbocycles. The number of ether oxygens (including phenoxy) is 1. The van der Waals surface area contributed by atoms with Gasteiger partial charge in [0.1, 0.15) is 0 Å². The first kappa shape index (κ1) is 14.7. The first-order chi connectivity index (χ1) is 7.16. The Kier molecular flexibility index (Phi) is 9.96. The van der Waals surface area contributed by atoms with Crippen LogP contribution in [0.1, 0.15) is 32.1 Å². The molecule has 15 heavy (non-hydrogen) atoms. The minimum absolute atomic E-state index is 0.141. The van der Waals surface area contributed by atoms with Crippen LogP contribution in [0.15, 0.2) is 0 Å². The standard InChI is InChI=1S/C10H21O4P/c1-15(13)9-5-2-6-10(12)14-8-4-3-7-11/h11,15H,2-9H2,1H3. The molecule has 0 rings (SSSR count). The topological polar surface area (TPSA) is 63.6 Å². The van der Waals surface area contributed by atoms with Crippen molar-refractivity contribution in [1.29, 1.82) is 0 Å². The maximum Gasteiger partial charge on any atom is 0.305 e. The summed E-state index contributed by atoms with van der Waals surface area (Å²) in [6, 6.07) is 0. The Balaban J connectivity index is 3.22. The molecule has 0 aromatic rings. The lowest BCUT2D eigenvalue weighted by molar-refractivity contribution is -0.143. The van der Waals surface area contributed by atoms with Gasteiger partial charge in [-0.3, -0.25) is 4.79 Å². The highest BCUT2D eigenvalue weighted by atomic mass is 31.1. The highest BCUT2D eigenvalue weighted by Gasteiger charge is 2.02. The van der Waals surface area contributed by atoms with E-state index in [0.29, 0.717) is 25.9 Å². The van der Waals surface area contributed by atoms with Crippen molar-refractivity contribution in [2.45, 2.75) is 32.1 Å². The van der Waals surface area contributed by atoms with Crippen LogP contribution < -0.4 is 0 Å². The van der Waals surface area contributed by atoms with Crippen molar-refractivity contribution in [3.05, 3.63) is 0 Å². The molecule has 0 amide bonds. The van der Waals surface area contributed by atoms with Crippen LogP contribution in [-0.4, -0.2) is 37.1 Å². The SMILES string of the molecule is C[PH](=O)CCCCC(=O)OCCCCO. The fourth-order valence-electron chi connectivity index (χ4n) is 1.12. The second kappa shape index (κ2) is 10.2. The van der Waals surface area contributed by atoms with Gasteiger partial charge >= 0.3 is 5.97 Å². The van der Waals surface area contributed by atoms with E-state index in [4.69, 9.17) is 9.84 Å². The van der Waals surface area contributed by atoms with Crippen LogP contribution in [0.25, 0.3) is 0 Å². The van der Waals surface area contributed by atoms with Gasteiger partial charge in [-0.1, -0.05) is 0 Å². The molecule has 0 fully saturated rings. The Morgan fingerprint density at radius 2 is 2.00 bits per heavy atom. The zero-order valence-electron chi connectivity index (χ0n) is 9.33. The van der Waals surface area contributed by atoms with Crippen LogP contribution in [0, 0.1) is 0 Å². The molecule has 0 saturated carbocycles. The lowest BCUT2D eigenvalue weighted by Crippen LogP contribution is -2.06. The summed E-state index contributed by atoms with van der Waals surface area (Å²) in [5.74, 6) is -0.191. The number of hydrogen-bond donors (Lipinski definition) is 1. The Hall–Kier alpha value is -0.340. The van der Waals surface area contributed by atoms with E-state index in [0.717, 1.165) is 19.0 Å². The molecule has 0 bridgehead atoms. The molecule has 4 nitrogen and oxygen atoms in total. The average molecular weight is 236 g/mol. The van der Waals surface area contributed by atoms with Gasteiger partial charge in [-0.2, -0.15) is 0 Å². The summed E-state index contributed by atoms with van der Waals surface area (Å²) < 4.78 is 15.7. The lowest BCUT2D eigenvalue weighted by Gasteiger charge is -2.03. The van der Waals surface area contributed by atoms with E-state index in [1.54, 1.807) is 6.66 Å². The van der Waals surface area contributed by atoms with Gasteiger partial charge in [0.2, 0.25) is 0 Å². The number of aliphatic hydroxyl groups is 1. The molecule has 1 unspecified atom stereocenters. The second-order valence-electron chi connectivity index (χ2n) is 3.56. The van der Waals surface area contributed by atoms with E-state index in [1.807, 2.05) is 0 Å². The quantitative estimate of drug-likeness (QED) is 0.375. The number of unbranched alkanes of at least 4 members (excludes halogenated alkanes) is 2. The van der Waals surface area contributed by atoms with E-state index in [1.165, 1.54) is 0 Å². The number of hydrogen-bond acceptors (Lipinski definition) is 4. The largest absolute Gasteiger partial charge is 0.466 e. The van der Waals surface area contributed by atoms with Gasteiger partial charge in [0.15, 0.2) is 0 Å². The average Bonchev–Trinajstić information content (AvgIpc) is 2.19. The number of rotatable bonds is 9. The molecule has 0 saturated heterocycles. The Bertz CT molecular complexity index is 194. The van der Waals surface area contributed by atoms with Gasteiger partial charge in [0.25, 0.3) is 0 Å². The predicted molar refractivity (Wildman–Crippen MR) is 60.9 cm³/mol. The second-order valence-corrected chi connectivity index (χ2v) is 5.46. The molecular weight excluding hydrogens is 215 g/mol. The highest BCUT2D eigenvalue weighted by Crippen LogP contribution is 2.16. The molecule has 0 aromatic carbocycles. The zero-order valence-corrected chi connectivity index (χ0v) is 10.3. The molecule has 0 aliphatic heterocycles. The molecular formula is C10H21O4P. The van der Waals surface area contributed by atoms with E-state index < -0.39 is 7.80 Å². The van der Waals surface area contributed by atoms with Gasteiger partial charge in [-0.25, -0.2) is 0 Å². The maximum absolute atomic E-state index is 11.1. The van der Waals surface area contributed by atoms with Crippen LogP contribution in [0.4, 0.5) is 0 Å². The molecule has 0 aliphatic rings. The van der Waals surface area contributed by atoms with Crippen LogP contribution >= 0.6 is 7.80 Å². The van der Waals surface area contributed by atoms with Crippen LogP contribution in [-0.2, 0) is 14.1 Å². The smallest absolute Gasteiger partial charge is 0.305 e. The van der Waals surface area contributed by atoms with E-state index in [2.05, 4.69) is 0 Å². The van der Waals surface area contributed by atoms with Crippen LogP contribution in [0.3, 0.4) is 0 Å². The number of aliphatic hydroxyl groups excluding tert-OH is 1. The van der Waals surface area contributed by atoms with Crippen molar-refractivity contribution in [3.63, 3.8) is 0 Å². The summed E-state index contributed by atoms with van der Waals surface area (Å²) in [6.07, 6.45) is 4.11. The zero-order chi connectivity index (χ0) is 11.5. The molecule has 0 heterocycles. The Morgan fingerprint density at radius 1 is 1.27 bits per heavy atom. The van der Waals surface area contributed by atoms with Crippen molar-refractivity contribution in [2.24, 2.45) is 0 Å². The minimum atomic E-state index is -1.39. The third-order valence-corrected chi connectivity index (χ3v) is 3.03. The van der Waals surface area contributed by atoms with Crippen molar-refractivity contribution in [3.8, 4) is 0 Å². The fraction of sp³-hybridized carbons (Fsp3) is 0.900. The summed E-state index contributed by atoms with van der Waals surface area (Å²) in [6.45, 7) is 2.27. The van der Waals surface area contributed by atoms with Gasteiger partial charge < -0.3 is 14.4 Å². The van der Waals surface area contributed by atoms with Crippen molar-refractivity contribution in [2.75, 3.05) is 26.0 Å². The molecule has 1 atom stereocenters. The fourth-order valence-corrected chi connectivity index (χ4v) is 1.86. The van der Waals surface area contributed by atoms with Crippen LogP contribution in [0.5, 0.6) is 0 Å². The molecule has 0 radical (unpaired) electrons. The maximum atomic E-state index is 11.1. The van der Waals surface area contributed by atoms with E-state index in [-0.39, 0.29) is 12.6 Å². The first-order valence-corrected chi connectivity index (χ1v) is 7.54. The van der Waals surface area contributed by atoms with Crippen molar-refractivity contribution in [1.82, 2.24) is 0 Å². The van der Waals surface area contributed by atoms with Gasteiger partial charge in [0, 0.05) is 13.0 Å². The molecule has 0 aromatic heterocycles. The summed E-state index contributed by atoms with van der Waals surface area (Å²) >= 11 is 0. The normalized spacial score (nSPS) is 12.4. The van der Waals surface area contributed by atoms with Crippen molar-refractivity contribution < 1.29 is 19.2 Å². The van der Waals surface area contributed by atoms with Crippen molar-refractivity contribution >= 4 is 13.8 Å². The monoisotopic (exact) mass is 236 g/mol. The van der Waals surface area contributed by atoms with Gasteiger partial charge in [0.05, 0.1) is 14.4 Å². The van der Waals surface area contributed by atoms with Crippen LogP contribution in [0.2, 0.25) is 0 Å². The third-order valence-electron chi connectivity index (χ3n) is 1.98. The van der Waals surface area contributed by atoms with Gasteiger partial charge in [-0.05, 0) is 38.5 Å². The lowest BCUT2D eigenvalue weighted by atomic mass is 10.2. The van der Waals surface area contributed by atoms with E-state index >= 15 is 0 Å². The molecule has 90 valence electrons. The Morgan fingerprint density at radius 3 is 2.60 bits per heavy atom. The third kappa shape index (κ3) is 11.6. The number of carbonyl (C=O) groups is 1. The number of esters is 1. The first-order valence-electron chi connectivity index (χ1n) is 5.42. The summed E-state index contributed by atoms with van der Waals surface area (Å²) in [7, 11) is -1.39. The van der Waals surface area contributed by atoms with E-state index in [9.17, 15) is 9.36 Å². The molecule has 0 spiro atoms. The summed E-state index contributed by atoms with van der Waals surface area (Å²) in [4.78, 5) is 11.1.